The molecule has 4 aromatic carbocycles. The van der Waals surface area contributed by atoms with Gasteiger partial charge in [0.25, 0.3) is 0 Å². The average molecular weight is 1090 g/mol. The highest BCUT2D eigenvalue weighted by Crippen LogP contribution is 2.21. The van der Waals surface area contributed by atoms with Gasteiger partial charge in [-0.15, -0.1) is 0 Å². The highest BCUT2D eigenvalue weighted by molar-refractivity contribution is 5.91. The van der Waals surface area contributed by atoms with Gasteiger partial charge in [0.05, 0.1) is 24.3 Å². The van der Waals surface area contributed by atoms with Crippen LogP contribution in [0.15, 0.2) is 107 Å². The van der Waals surface area contributed by atoms with E-state index in [9.17, 15) is 28.8 Å². The molecule has 0 spiro atoms. The monoisotopic (exact) mass is 1090 g/mol. The zero-order valence-corrected chi connectivity index (χ0v) is 47.9. The maximum Gasteiger partial charge on any atom is 0.343 e. The molecule has 0 aliphatic rings. The van der Waals surface area contributed by atoms with Crippen molar-refractivity contribution in [3.8, 4) is 34.5 Å². The maximum absolute atomic E-state index is 12.9. The van der Waals surface area contributed by atoms with E-state index in [0.717, 1.165) is 37.8 Å². The Bertz CT molecular complexity index is 2280. The summed E-state index contributed by atoms with van der Waals surface area (Å²) >= 11 is 0. The highest BCUT2D eigenvalue weighted by Gasteiger charge is 2.14. The lowest BCUT2D eigenvalue weighted by molar-refractivity contribution is -0.135. The molecule has 12 heteroatoms. The fourth-order valence-electron chi connectivity index (χ4n) is 9.12. The first-order valence-electron chi connectivity index (χ1n) is 30.3. The molecule has 0 N–H and O–H groups in total. The Hall–Kier alpha value is -6.30. The minimum atomic E-state index is -0.642. The van der Waals surface area contributed by atoms with Gasteiger partial charge in [0.1, 0.15) is 23.0 Å². The second kappa shape index (κ2) is 41.7. The van der Waals surface area contributed by atoms with Crippen LogP contribution < -0.4 is 39.3 Å². The van der Waals surface area contributed by atoms with Crippen LogP contribution in [0.4, 0.5) is 0 Å². The normalized spacial score (nSPS) is 11.0. The summed E-state index contributed by atoms with van der Waals surface area (Å²) in [5.74, 6) is -1.42. The Kier molecular flexibility index (Phi) is 34.4. The minimum absolute atomic E-state index is 0.0215. The van der Waals surface area contributed by atoms with Gasteiger partial charge in [0.15, 0.2) is 11.5 Å². The maximum atomic E-state index is 12.9. The zero-order valence-electron chi connectivity index (χ0n) is 47.9. The van der Waals surface area contributed by atoms with E-state index in [1.165, 1.54) is 190 Å². The van der Waals surface area contributed by atoms with E-state index < -0.39 is 34.7 Å². The van der Waals surface area contributed by atoms with Crippen molar-refractivity contribution < 1.29 is 47.6 Å². The van der Waals surface area contributed by atoms with Crippen LogP contribution in [0.2, 0.25) is 0 Å². The van der Waals surface area contributed by atoms with Crippen LogP contribution in [0.25, 0.3) is 0 Å². The molecule has 0 heterocycles. The summed E-state index contributed by atoms with van der Waals surface area (Å²) in [5.41, 5.74) is -0.525. The summed E-state index contributed by atoms with van der Waals surface area (Å²) in [6, 6.07) is 23.7. The number of ether oxygens (including phenoxy) is 6. The molecule has 0 aliphatic carbocycles. The molecule has 432 valence electrons. The zero-order chi connectivity index (χ0) is 56.4. The summed E-state index contributed by atoms with van der Waals surface area (Å²) in [7, 11) is 0. The molecule has 0 saturated carbocycles. The van der Waals surface area contributed by atoms with Crippen molar-refractivity contribution in [3.63, 3.8) is 0 Å². The second-order valence-corrected chi connectivity index (χ2v) is 20.8. The van der Waals surface area contributed by atoms with Crippen molar-refractivity contribution >= 4 is 23.9 Å². The predicted molar refractivity (Wildman–Crippen MR) is 314 cm³/mol. The van der Waals surface area contributed by atoms with Crippen LogP contribution >= 0.6 is 0 Å². The highest BCUT2D eigenvalue weighted by atomic mass is 16.6. The molecule has 0 amide bonds. The van der Waals surface area contributed by atoms with Gasteiger partial charge in [-0.05, 0) is 123 Å². The third-order valence-electron chi connectivity index (χ3n) is 13.9. The van der Waals surface area contributed by atoms with Crippen LogP contribution in [-0.2, 0) is 9.59 Å². The fraction of sp³-hybridized carbons (Fsp3) is 0.552. The third-order valence-corrected chi connectivity index (χ3v) is 13.9. The van der Waals surface area contributed by atoms with Crippen LogP contribution in [0, 0.1) is 0 Å². The first-order chi connectivity index (χ1) is 38.6. The number of esters is 4. The number of unbranched alkanes of at least 4 members (excludes halogenated alkanes) is 28. The Morgan fingerprint density at radius 3 is 0.873 bits per heavy atom. The van der Waals surface area contributed by atoms with Crippen molar-refractivity contribution in [2.75, 3.05) is 13.2 Å². The van der Waals surface area contributed by atoms with Crippen molar-refractivity contribution in [2.45, 2.75) is 226 Å². The van der Waals surface area contributed by atoms with Crippen molar-refractivity contribution in [1.29, 1.82) is 0 Å². The molecule has 0 atom stereocenters. The molecular weight excluding hydrogens is 997 g/mol. The first-order valence-corrected chi connectivity index (χ1v) is 30.3. The Balaban J connectivity index is 1.04. The Morgan fingerprint density at radius 2 is 0.557 bits per heavy atom. The van der Waals surface area contributed by atoms with Gasteiger partial charge >= 0.3 is 23.9 Å². The van der Waals surface area contributed by atoms with Crippen molar-refractivity contribution in [3.05, 3.63) is 129 Å². The third kappa shape index (κ3) is 30.0. The number of hydrogen-bond acceptors (Lipinski definition) is 12. The minimum Gasteiger partial charge on any atom is -0.494 e. The van der Waals surface area contributed by atoms with Gasteiger partial charge < -0.3 is 28.4 Å². The Labute approximate surface area is 471 Å². The number of hydrogen-bond donors (Lipinski definition) is 0. The van der Waals surface area contributed by atoms with E-state index in [0.29, 0.717) is 55.1 Å². The smallest absolute Gasteiger partial charge is 0.343 e. The SMILES string of the molecule is CCCCCCCCCCCCCCCCOc1ccc(C(=O)Oc2ccc(OC(=O)CCCCCC(=O)Oc3ccc(OC(=O)c4ccc(OCCCCCCCCCCCCCCCC)cc4)ccc3=O)c(=O)cc2)cc1. The van der Waals surface area contributed by atoms with Crippen molar-refractivity contribution in [1.82, 2.24) is 0 Å². The van der Waals surface area contributed by atoms with Gasteiger partial charge in [-0.2, -0.15) is 0 Å². The van der Waals surface area contributed by atoms with E-state index in [1.807, 2.05) is 0 Å². The quantitative estimate of drug-likeness (QED) is 0.0305. The molecule has 4 rings (SSSR count). The topological polar surface area (TPSA) is 158 Å². The lowest BCUT2D eigenvalue weighted by Gasteiger charge is -2.07. The molecule has 4 aromatic rings. The molecule has 79 heavy (non-hydrogen) atoms. The predicted octanol–water partition coefficient (Wildman–Crippen LogP) is 17.0. The average Bonchev–Trinajstić information content (AvgIpc) is 3.73. The summed E-state index contributed by atoms with van der Waals surface area (Å²) in [6.45, 7) is 5.74. The van der Waals surface area contributed by atoms with Gasteiger partial charge in [-0.1, -0.05) is 187 Å². The molecule has 0 radical (unpaired) electrons. The summed E-state index contributed by atoms with van der Waals surface area (Å²) in [6.07, 6.45) is 37.4. The summed E-state index contributed by atoms with van der Waals surface area (Å²) < 4.78 is 33.4. The van der Waals surface area contributed by atoms with Gasteiger partial charge in [-0.25, -0.2) is 9.59 Å². The number of benzene rings is 2. The van der Waals surface area contributed by atoms with Crippen LogP contribution in [-0.4, -0.2) is 37.1 Å². The van der Waals surface area contributed by atoms with Crippen LogP contribution in [0.1, 0.15) is 246 Å². The van der Waals surface area contributed by atoms with Gasteiger partial charge in [-0.3, -0.25) is 19.2 Å². The van der Waals surface area contributed by atoms with Crippen LogP contribution in [0.5, 0.6) is 34.5 Å². The largest absolute Gasteiger partial charge is 0.494 e. The van der Waals surface area contributed by atoms with E-state index in [1.54, 1.807) is 48.5 Å². The first kappa shape index (κ1) is 65.2. The van der Waals surface area contributed by atoms with E-state index in [2.05, 4.69) is 13.8 Å². The molecule has 0 fully saturated rings. The van der Waals surface area contributed by atoms with Gasteiger partial charge in [0.2, 0.25) is 10.9 Å². The lowest BCUT2D eigenvalue weighted by atomic mass is 10.0. The molecule has 0 aliphatic heterocycles. The lowest BCUT2D eigenvalue weighted by Crippen LogP contribution is -2.13. The van der Waals surface area contributed by atoms with E-state index in [-0.39, 0.29) is 35.8 Å². The molecule has 0 bridgehead atoms. The molecule has 12 nitrogen and oxygen atoms in total. The number of carbonyl (C=O) groups is 4. The second-order valence-electron chi connectivity index (χ2n) is 20.8. The molecule has 0 aromatic heterocycles. The molecule has 0 unspecified atom stereocenters. The number of carbonyl (C=O) groups excluding carboxylic acids is 4. The Morgan fingerprint density at radius 1 is 0.291 bits per heavy atom. The fourth-order valence-corrected chi connectivity index (χ4v) is 9.12. The standard InChI is InChI=1S/C67H92O12/c1-3-5-7-9-11-13-15-17-19-21-23-25-27-32-52-74-56-40-36-54(37-41-56)66(72)76-58-44-48-60(68)62(50-46-58)78-64(70)34-30-29-31-35-65(71)79-63-51-47-59(45-49-61(63)69)77-67(73)55-38-42-57(43-39-55)75-53-33-28-26-24-22-20-18-16-14-12-10-8-6-4-2/h36-51H,3-35,52-53H2,1-2H3. The van der Waals surface area contributed by atoms with E-state index in [4.69, 9.17) is 28.4 Å². The molecular formula is C67H92O12. The summed E-state index contributed by atoms with van der Waals surface area (Å²) in [5, 5.41) is 0. The van der Waals surface area contributed by atoms with E-state index >= 15 is 0 Å². The van der Waals surface area contributed by atoms with Crippen molar-refractivity contribution in [2.24, 2.45) is 0 Å². The molecule has 0 saturated heterocycles. The van der Waals surface area contributed by atoms with Crippen LogP contribution in [0.3, 0.4) is 0 Å². The summed E-state index contributed by atoms with van der Waals surface area (Å²) in [4.78, 5) is 76.4. The number of rotatable bonds is 44. The van der Waals surface area contributed by atoms with Gasteiger partial charge in [0, 0.05) is 12.8 Å².